The summed E-state index contributed by atoms with van der Waals surface area (Å²) in [4.78, 5) is 0. The molecule has 3 aromatic rings. The first-order valence-electron chi connectivity index (χ1n) is 6.31. The normalized spacial score (nSPS) is 11.2. The number of nitrogens with one attached hydrogen (secondary N) is 1. The van der Waals surface area contributed by atoms with Gasteiger partial charge < -0.3 is 5.32 Å². The Morgan fingerprint density at radius 2 is 2.05 bits per heavy atom. The summed E-state index contributed by atoms with van der Waals surface area (Å²) in [5, 5.41) is 16.0. The summed E-state index contributed by atoms with van der Waals surface area (Å²) in [5.74, 6) is 0.803. The fourth-order valence-electron chi connectivity index (χ4n) is 2.12. The van der Waals surface area contributed by atoms with Gasteiger partial charge >= 0.3 is 0 Å². The topological polar surface area (TPSA) is 55.1 Å². The summed E-state index contributed by atoms with van der Waals surface area (Å²) in [7, 11) is 1.88. The SMILES string of the molecule is CNCc1nnc2ccc(-c3cc(Br)ccc3C)nn12. The summed E-state index contributed by atoms with van der Waals surface area (Å²) in [5.41, 5.74) is 3.95. The highest BCUT2D eigenvalue weighted by atomic mass is 79.9. The molecular formula is C14H14BrN5. The fraction of sp³-hybridized carbons (Fsp3) is 0.214. The van der Waals surface area contributed by atoms with Gasteiger partial charge in [0.15, 0.2) is 11.5 Å². The zero-order chi connectivity index (χ0) is 14.1. The smallest absolute Gasteiger partial charge is 0.177 e. The Morgan fingerprint density at radius 3 is 2.85 bits per heavy atom. The average Bonchev–Trinajstić information content (AvgIpc) is 2.84. The number of rotatable bonds is 3. The summed E-state index contributed by atoms with van der Waals surface area (Å²) in [6.45, 7) is 2.71. The second-order valence-electron chi connectivity index (χ2n) is 4.59. The number of aromatic nitrogens is 4. The molecule has 1 N–H and O–H groups in total. The molecule has 0 saturated heterocycles. The Bertz CT molecular complexity index is 765. The maximum Gasteiger partial charge on any atom is 0.177 e. The van der Waals surface area contributed by atoms with Crippen LogP contribution in [0.1, 0.15) is 11.4 Å². The molecule has 0 aliphatic rings. The molecule has 0 spiro atoms. The molecule has 5 nitrogen and oxygen atoms in total. The van der Waals surface area contributed by atoms with E-state index >= 15 is 0 Å². The molecule has 20 heavy (non-hydrogen) atoms. The maximum atomic E-state index is 4.66. The molecule has 0 bridgehead atoms. The Balaban J connectivity index is 2.16. The van der Waals surface area contributed by atoms with Crippen LogP contribution in [0.3, 0.4) is 0 Å². The zero-order valence-electron chi connectivity index (χ0n) is 11.3. The molecule has 2 aromatic heterocycles. The number of nitrogens with zero attached hydrogens (tertiary/aromatic N) is 4. The van der Waals surface area contributed by atoms with Crippen molar-refractivity contribution in [3.8, 4) is 11.3 Å². The minimum Gasteiger partial charge on any atom is -0.313 e. The van der Waals surface area contributed by atoms with Gasteiger partial charge in [0, 0.05) is 10.0 Å². The third kappa shape index (κ3) is 2.32. The highest BCUT2D eigenvalue weighted by molar-refractivity contribution is 9.10. The van der Waals surface area contributed by atoms with Gasteiger partial charge in [-0.05, 0) is 43.8 Å². The van der Waals surface area contributed by atoms with E-state index in [4.69, 9.17) is 0 Å². The number of hydrogen-bond donors (Lipinski definition) is 1. The van der Waals surface area contributed by atoms with Gasteiger partial charge in [0.2, 0.25) is 0 Å². The number of hydrogen-bond acceptors (Lipinski definition) is 4. The van der Waals surface area contributed by atoms with Gasteiger partial charge in [-0.3, -0.25) is 0 Å². The van der Waals surface area contributed by atoms with Crippen LogP contribution in [-0.4, -0.2) is 26.9 Å². The van der Waals surface area contributed by atoms with Crippen LogP contribution < -0.4 is 5.32 Å². The molecule has 1 aromatic carbocycles. The third-order valence-electron chi connectivity index (χ3n) is 3.14. The lowest BCUT2D eigenvalue weighted by Gasteiger charge is -2.07. The van der Waals surface area contributed by atoms with Gasteiger partial charge in [-0.1, -0.05) is 22.0 Å². The van der Waals surface area contributed by atoms with Crippen molar-refractivity contribution in [2.45, 2.75) is 13.5 Å². The van der Waals surface area contributed by atoms with Gasteiger partial charge in [0.25, 0.3) is 0 Å². The molecule has 6 heteroatoms. The van der Waals surface area contributed by atoms with Crippen LogP contribution in [0, 0.1) is 6.92 Å². The van der Waals surface area contributed by atoms with E-state index in [9.17, 15) is 0 Å². The summed E-state index contributed by atoms with van der Waals surface area (Å²) in [6.07, 6.45) is 0. The monoisotopic (exact) mass is 331 g/mol. The minimum absolute atomic E-state index is 0.634. The second-order valence-corrected chi connectivity index (χ2v) is 5.51. The molecule has 0 aliphatic heterocycles. The maximum absolute atomic E-state index is 4.66. The number of halogens is 1. The molecule has 102 valence electrons. The Hall–Kier alpha value is -1.79. The van der Waals surface area contributed by atoms with E-state index in [1.165, 1.54) is 5.56 Å². The third-order valence-corrected chi connectivity index (χ3v) is 3.63. The molecule has 0 atom stereocenters. The molecule has 0 amide bonds. The van der Waals surface area contributed by atoms with Gasteiger partial charge in [0.1, 0.15) is 0 Å². The Morgan fingerprint density at radius 1 is 1.20 bits per heavy atom. The number of aryl methyl sites for hydroxylation is 1. The predicted octanol–water partition coefficient (Wildman–Crippen LogP) is 2.58. The molecule has 0 unspecified atom stereocenters. The first kappa shape index (κ1) is 13.2. The van der Waals surface area contributed by atoms with Crippen LogP contribution in [0.2, 0.25) is 0 Å². The van der Waals surface area contributed by atoms with Gasteiger partial charge in [-0.2, -0.15) is 9.61 Å². The van der Waals surface area contributed by atoms with Crippen molar-refractivity contribution in [2.24, 2.45) is 0 Å². The lowest BCUT2D eigenvalue weighted by Crippen LogP contribution is -2.10. The van der Waals surface area contributed by atoms with Crippen molar-refractivity contribution in [2.75, 3.05) is 7.05 Å². The average molecular weight is 332 g/mol. The zero-order valence-corrected chi connectivity index (χ0v) is 12.8. The van der Waals surface area contributed by atoms with Gasteiger partial charge in [-0.25, -0.2) is 0 Å². The summed E-state index contributed by atoms with van der Waals surface area (Å²) < 4.78 is 2.82. The number of fused-ring (bicyclic) bond motifs is 1. The largest absolute Gasteiger partial charge is 0.313 e. The van der Waals surface area contributed by atoms with E-state index in [1.807, 2.05) is 25.2 Å². The standard InChI is InChI=1S/C14H14BrN5/c1-9-3-4-10(15)7-11(9)12-5-6-13-17-18-14(8-16-2)20(13)19-12/h3-7,16H,8H2,1-2H3. The highest BCUT2D eigenvalue weighted by Crippen LogP contribution is 2.25. The van der Waals surface area contributed by atoms with Crippen molar-refractivity contribution in [3.63, 3.8) is 0 Å². The van der Waals surface area contributed by atoms with Gasteiger partial charge in [-0.15, -0.1) is 10.2 Å². The van der Waals surface area contributed by atoms with Crippen molar-refractivity contribution in [3.05, 3.63) is 46.2 Å². The lowest BCUT2D eigenvalue weighted by atomic mass is 10.1. The minimum atomic E-state index is 0.634. The number of benzene rings is 1. The Labute approximate surface area is 125 Å². The molecule has 0 fully saturated rings. The predicted molar refractivity (Wildman–Crippen MR) is 81.4 cm³/mol. The van der Waals surface area contributed by atoms with Crippen molar-refractivity contribution >= 4 is 21.6 Å². The van der Waals surface area contributed by atoms with Crippen LogP contribution in [0.5, 0.6) is 0 Å². The second kappa shape index (κ2) is 5.30. The summed E-state index contributed by atoms with van der Waals surface area (Å²) in [6, 6.07) is 10.1. The molecule has 3 rings (SSSR count). The summed E-state index contributed by atoms with van der Waals surface area (Å²) >= 11 is 3.51. The van der Waals surface area contributed by atoms with E-state index in [-0.39, 0.29) is 0 Å². The van der Waals surface area contributed by atoms with Crippen LogP contribution in [0.25, 0.3) is 16.9 Å². The van der Waals surface area contributed by atoms with Crippen molar-refractivity contribution in [1.29, 1.82) is 0 Å². The van der Waals surface area contributed by atoms with E-state index in [1.54, 1.807) is 4.52 Å². The van der Waals surface area contributed by atoms with Crippen LogP contribution in [-0.2, 0) is 6.54 Å². The van der Waals surface area contributed by atoms with Crippen LogP contribution >= 0.6 is 15.9 Å². The Kier molecular flexibility index (Phi) is 3.50. The molecule has 0 radical (unpaired) electrons. The van der Waals surface area contributed by atoms with Crippen LogP contribution in [0.4, 0.5) is 0 Å². The van der Waals surface area contributed by atoms with Crippen LogP contribution in [0.15, 0.2) is 34.8 Å². The van der Waals surface area contributed by atoms with E-state index < -0.39 is 0 Å². The fourth-order valence-corrected chi connectivity index (χ4v) is 2.48. The molecule has 2 heterocycles. The quantitative estimate of drug-likeness (QED) is 0.801. The van der Waals surface area contributed by atoms with E-state index in [0.717, 1.165) is 27.2 Å². The highest BCUT2D eigenvalue weighted by Gasteiger charge is 2.09. The first-order chi connectivity index (χ1) is 9.69. The van der Waals surface area contributed by atoms with Crippen molar-refractivity contribution < 1.29 is 0 Å². The van der Waals surface area contributed by atoms with Gasteiger partial charge in [0.05, 0.1) is 12.2 Å². The van der Waals surface area contributed by atoms with Crippen molar-refractivity contribution in [1.82, 2.24) is 25.1 Å². The molecule has 0 aliphatic carbocycles. The first-order valence-corrected chi connectivity index (χ1v) is 7.11. The molecule has 0 saturated carbocycles. The molecular weight excluding hydrogens is 318 g/mol. The van der Waals surface area contributed by atoms with E-state index in [2.05, 4.69) is 55.6 Å². The van der Waals surface area contributed by atoms with E-state index in [0.29, 0.717) is 6.54 Å². The lowest BCUT2D eigenvalue weighted by molar-refractivity contribution is 0.719.